The number of fused-ring (bicyclic) bond motifs is 1. The van der Waals surface area contributed by atoms with Crippen LogP contribution in [0.25, 0.3) is 22.3 Å². The van der Waals surface area contributed by atoms with Gasteiger partial charge in [-0.1, -0.05) is 43.3 Å². The van der Waals surface area contributed by atoms with Gasteiger partial charge in [0.1, 0.15) is 5.76 Å². The van der Waals surface area contributed by atoms with Gasteiger partial charge in [0.25, 0.3) is 0 Å². The number of rotatable bonds is 3. The number of halogens is 1. The van der Waals surface area contributed by atoms with Crippen molar-refractivity contribution in [2.24, 2.45) is 0 Å². The topological polar surface area (TPSA) is 30.2 Å². The first-order valence-electron chi connectivity index (χ1n) is 6.50. The third-order valence-electron chi connectivity index (χ3n) is 3.31. The maximum Gasteiger partial charge on any atom is 0.170 e. The Kier molecular flexibility index (Phi) is 3.11. The van der Waals surface area contributed by atoms with E-state index in [1.807, 2.05) is 19.1 Å². The van der Waals surface area contributed by atoms with Crippen LogP contribution in [0.1, 0.15) is 23.7 Å². The summed E-state index contributed by atoms with van der Waals surface area (Å²) >= 11 is 0. The van der Waals surface area contributed by atoms with Crippen molar-refractivity contribution in [3.63, 3.8) is 0 Å². The molecule has 0 amide bonds. The van der Waals surface area contributed by atoms with Gasteiger partial charge in [0.2, 0.25) is 0 Å². The SMILES string of the molecule is CCC(=O)c1ccc(-c2cc3cccc(F)c3o2)cc1. The van der Waals surface area contributed by atoms with E-state index in [4.69, 9.17) is 4.42 Å². The predicted molar refractivity (Wildman–Crippen MR) is 76.2 cm³/mol. The lowest BCUT2D eigenvalue weighted by Crippen LogP contribution is -1.95. The number of para-hydroxylation sites is 1. The summed E-state index contributed by atoms with van der Waals surface area (Å²) in [4.78, 5) is 11.6. The van der Waals surface area contributed by atoms with E-state index in [0.717, 1.165) is 10.9 Å². The lowest BCUT2D eigenvalue weighted by atomic mass is 10.1. The first-order valence-corrected chi connectivity index (χ1v) is 6.50. The highest BCUT2D eigenvalue weighted by Crippen LogP contribution is 2.29. The van der Waals surface area contributed by atoms with Crippen LogP contribution >= 0.6 is 0 Å². The molecule has 3 aromatic rings. The smallest absolute Gasteiger partial charge is 0.170 e. The quantitative estimate of drug-likeness (QED) is 0.637. The maximum atomic E-state index is 13.6. The molecule has 100 valence electrons. The molecule has 0 saturated heterocycles. The zero-order valence-electron chi connectivity index (χ0n) is 11.0. The molecule has 0 atom stereocenters. The molecule has 0 N–H and O–H groups in total. The van der Waals surface area contributed by atoms with Crippen molar-refractivity contribution in [2.45, 2.75) is 13.3 Å². The van der Waals surface area contributed by atoms with Crippen LogP contribution in [0.4, 0.5) is 4.39 Å². The van der Waals surface area contributed by atoms with Crippen LogP contribution in [-0.2, 0) is 0 Å². The number of carbonyl (C=O) groups excluding carboxylic acids is 1. The van der Waals surface area contributed by atoms with E-state index in [-0.39, 0.29) is 17.2 Å². The molecule has 0 aliphatic heterocycles. The molecule has 0 aliphatic carbocycles. The van der Waals surface area contributed by atoms with E-state index in [1.54, 1.807) is 30.3 Å². The zero-order chi connectivity index (χ0) is 14.1. The Morgan fingerprint density at radius 3 is 2.55 bits per heavy atom. The van der Waals surface area contributed by atoms with E-state index in [9.17, 15) is 9.18 Å². The molecule has 0 unspecified atom stereocenters. The van der Waals surface area contributed by atoms with Crippen molar-refractivity contribution in [1.82, 2.24) is 0 Å². The minimum atomic E-state index is -0.369. The predicted octanol–water partition coefficient (Wildman–Crippen LogP) is 4.83. The first kappa shape index (κ1) is 12.6. The second-order valence-corrected chi connectivity index (χ2v) is 4.62. The van der Waals surface area contributed by atoms with Crippen LogP contribution in [0.3, 0.4) is 0 Å². The van der Waals surface area contributed by atoms with E-state index in [0.29, 0.717) is 17.7 Å². The van der Waals surface area contributed by atoms with Gasteiger partial charge in [-0.2, -0.15) is 0 Å². The number of benzene rings is 2. The molecule has 3 rings (SSSR count). The third-order valence-corrected chi connectivity index (χ3v) is 3.31. The normalized spacial score (nSPS) is 10.9. The van der Waals surface area contributed by atoms with Crippen molar-refractivity contribution in [1.29, 1.82) is 0 Å². The van der Waals surface area contributed by atoms with Crippen LogP contribution in [0, 0.1) is 5.82 Å². The van der Waals surface area contributed by atoms with Gasteiger partial charge in [-0.15, -0.1) is 0 Å². The summed E-state index contributed by atoms with van der Waals surface area (Å²) < 4.78 is 19.1. The third kappa shape index (κ3) is 2.11. The number of ketones is 1. The average molecular weight is 268 g/mol. The summed E-state index contributed by atoms with van der Waals surface area (Å²) in [7, 11) is 0. The van der Waals surface area contributed by atoms with Crippen molar-refractivity contribution in [3.8, 4) is 11.3 Å². The van der Waals surface area contributed by atoms with Gasteiger partial charge in [-0.3, -0.25) is 4.79 Å². The Labute approximate surface area is 115 Å². The summed E-state index contributed by atoms with van der Waals surface area (Å²) in [6.07, 6.45) is 0.481. The molecule has 0 bridgehead atoms. The largest absolute Gasteiger partial charge is 0.453 e. The summed E-state index contributed by atoms with van der Waals surface area (Å²) in [5, 5.41) is 0.730. The van der Waals surface area contributed by atoms with Crippen LogP contribution in [0.5, 0.6) is 0 Å². The summed E-state index contributed by atoms with van der Waals surface area (Å²) in [5.74, 6) is 0.333. The molecule has 2 nitrogen and oxygen atoms in total. The number of hydrogen-bond donors (Lipinski definition) is 0. The molecule has 20 heavy (non-hydrogen) atoms. The van der Waals surface area contributed by atoms with Gasteiger partial charge in [0.05, 0.1) is 0 Å². The summed E-state index contributed by atoms with van der Waals surface area (Å²) in [5.41, 5.74) is 1.77. The molecule has 2 aromatic carbocycles. The standard InChI is InChI=1S/C17H13FO2/c1-2-15(19)11-6-8-12(9-7-11)16-10-13-4-3-5-14(18)17(13)20-16/h3-10H,2H2,1H3. The van der Waals surface area contributed by atoms with Gasteiger partial charge in [0.15, 0.2) is 17.2 Å². The van der Waals surface area contributed by atoms with Gasteiger partial charge in [-0.25, -0.2) is 4.39 Å². The zero-order valence-corrected chi connectivity index (χ0v) is 11.0. The van der Waals surface area contributed by atoms with Crippen molar-refractivity contribution >= 4 is 16.8 Å². The molecule has 0 spiro atoms. The van der Waals surface area contributed by atoms with Crippen molar-refractivity contribution in [2.75, 3.05) is 0 Å². The average Bonchev–Trinajstić information content (AvgIpc) is 2.92. The van der Waals surface area contributed by atoms with Gasteiger partial charge in [0, 0.05) is 22.9 Å². The fourth-order valence-electron chi connectivity index (χ4n) is 2.19. The Morgan fingerprint density at radius 1 is 1.15 bits per heavy atom. The maximum absolute atomic E-state index is 13.6. The fraction of sp³-hybridized carbons (Fsp3) is 0.118. The Balaban J connectivity index is 2.02. The Morgan fingerprint density at radius 2 is 1.90 bits per heavy atom. The lowest BCUT2D eigenvalue weighted by Gasteiger charge is -2.00. The highest BCUT2D eigenvalue weighted by Gasteiger charge is 2.10. The van der Waals surface area contributed by atoms with Crippen LogP contribution in [-0.4, -0.2) is 5.78 Å². The summed E-state index contributed by atoms with van der Waals surface area (Å²) in [6.45, 7) is 1.83. The molecular weight excluding hydrogens is 255 g/mol. The Bertz CT molecular complexity index is 769. The van der Waals surface area contributed by atoms with E-state index < -0.39 is 0 Å². The second-order valence-electron chi connectivity index (χ2n) is 4.62. The minimum absolute atomic E-state index is 0.104. The number of carbonyl (C=O) groups is 1. The van der Waals surface area contributed by atoms with Crippen molar-refractivity contribution < 1.29 is 13.6 Å². The summed E-state index contributed by atoms with van der Waals surface area (Å²) in [6, 6.07) is 13.8. The van der Waals surface area contributed by atoms with Gasteiger partial charge >= 0.3 is 0 Å². The highest BCUT2D eigenvalue weighted by atomic mass is 19.1. The van der Waals surface area contributed by atoms with E-state index in [2.05, 4.69) is 0 Å². The molecule has 1 aromatic heterocycles. The lowest BCUT2D eigenvalue weighted by molar-refractivity contribution is 0.0988. The molecule has 0 radical (unpaired) electrons. The molecule has 3 heteroatoms. The van der Waals surface area contributed by atoms with E-state index >= 15 is 0 Å². The highest BCUT2D eigenvalue weighted by molar-refractivity contribution is 5.96. The van der Waals surface area contributed by atoms with Crippen LogP contribution in [0.2, 0.25) is 0 Å². The van der Waals surface area contributed by atoms with Gasteiger partial charge in [-0.05, 0) is 12.1 Å². The molecule has 0 aliphatic rings. The van der Waals surface area contributed by atoms with E-state index in [1.165, 1.54) is 6.07 Å². The minimum Gasteiger partial charge on any atom is -0.453 e. The Hall–Kier alpha value is -2.42. The van der Waals surface area contributed by atoms with Gasteiger partial charge < -0.3 is 4.42 Å². The van der Waals surface area contributed by atoms with Crippen molar-refractivity contribution in [3.05, 3.63) is 59.9 Å². The second kappa shape index (κ2) is 4.93. The monoisotopic (exact) mass is 268 g/mol. The number of Topliss-reactive ketones (excluding diaryl/α,β-unsaturated/α-hetero) is 1. The molecular formula is C17H13FO2. The van der Waals surface area contributed by atoms with Crippen LogP contribution < -0.4 is 0 Å². The fourth-order valence-corrected chi connectivity index (χ4v) is 2.19. The number of hydrogen-bond acceptors (Lipinski definition) is 2. The van der Waals surface area contributed by atoms with Crippen LogP contribution in [0.15, 0.2) is 52.9 Å². The molecule has 1 heterocycles. The first-order chi connectivity index (χ1) is 9.69. The molecule has 0 saturated carbocycles. The molecule has 0 fully saturated rings. The number of furan rings is 1.